The molecule has 2 aromatic rings. The van der Waals surface area contributed by atoms with Crippen molar-refractivity contribution in [1.82, 2.24) is 9.55 Å². The van der Waals surface area contributed by atoms with Crippen LogP contribution in [0.5, 0.6) is 0 Å². The molecule has 4 heteroatoms. The first kappa shape index (κ1) is 12.2. The van der Waals surface area contributed by atoms with Gasteiger partial charge in [-0.15, -0.1) is 0 Å². The average Bonchev–Trinajstić information content (AvgIpc) is 2.69. The molecule has 0 atom stereocenters. The van der Waals surface area contributed by atoms with Crippen molar-refractivity contribution in [2.75, 3.05) is 6.61 Å². The largest absolute Gasteiger partial charge is 0.361 e. The van der Waals surface area contributed by atoms with E-state index in [0.717, 1.165) is 10.9 Å². The van der Waals surface area contributed by atoms with Crippen LogP contribution in [0, 0.1) is 6.92 Å². The predicted octanol–water partition coefficient (Wildman–Crippen LogP) is 3.34. The fourth-order valence-electron chi connectivity index (χ4n) is 1.45. The standard InChI is InChI=1S/C13H16N2OS/c1-3-16-10-15-11(2)9-14-13(15)17-12-7-5-4-6-8-12/h4-9H,3,10H2,1-2H3. The van der Waals surface area contributed by atoms with Crippen molar-refractivity contribution in [3.05, 3.63) is 42.2 Å². The summed E-state index contributed by atoms with van der Waals surface area (Å²) >= 11 is 1.66. The summed E-state index contributed by atoms with van der Waals surface area (Å²) in [6.45, 7) is 5.32. The average molecular weight is 248 g/mol. The second-order valence-corrected chi connectivity index (χ2v) is 4.69. The molecule has 1 aromatic heterocycles. The highest BCUT2D eigenvalue weighted by Crippen LogP contribution is 2.26. The van der Waals surface area contributed by atoms with Crippen molar-refractivity contribution >= 4 is 11.8 Å². The van der Waals surface area contributed by atoms with Crippen LogP contribution < -0.4 is 0 Å². The molecular weight excluding hydrogens is 232 g/mol. The monoisotopic (exact) mass is 248 g/mol. The van der Waals surface area contributed by atoms with Crippen LogP contribution in [0.1, 0.15) is 12.6 Å². The maximum atomic E-state index is 5.45. The maximum Gasteiger partial charge on any atom is 0.174 e. The Morgan fingerprint density at radius 3 is 2.76 bits per heavy atom. The van der Waals surface area contributed by atoms with Crippen molar-refractivity contribution in [3.63, 3.8) is 0 Å². The molecule has 0 unspecified atom stereocenters. The van der Waals surface area contributed by atoms with E-state index in [1.54, 1.807) is 11.8 Å². The Hall–Kier alpha value is -1.26. The van der Waals surface area contributed by atoms with Gasteiger partial charge in [0.25, 0.3) is 0 Å². The van der Waals surface area contributed by atoms with Crippen LogP contribution in [0.2, 0.25) is 0 Å². The lowest BCUT2D eigenvalue weighted by molar-refractivity contribution is 0.0806. The number of benzene rings is 1. The third kappa shape index (κ3) is 3.11. The molecule has 0 aliphatic rings. The Kier molecular flexibility index (Phi) is 4.23. The first-order chi connectivity index (χ1) is 8.31. The summed E-state index contributed by atoms with van der Waals surface area (Å²) in [4.78, 5) is 5.60. The predicted molar refractivity (Wildman–Crippen MR) is 69.2 cm³/mol. The number of imidazole rings is 1. The molecule has 0 saturated heterocycles. The molecule has 0 radical (unpaired) electrons. The van der Waals surface area contributed by atoms with Gasteiger partial charge in [-0.3, -0.25) is 4.57 Å². The molecule has 0 aliphatic heterocycles. The van der Waals surface area contributed by atoms with Crippen molar-refractivity contribution < 1.29 is 4.74 Å². The lowest BCUT2D eigenvalue weighted by Crippen LogP contribution is -2.05. The van der Waals surface area contributed by atoms with Crippen LogP contribution in [0.3, 0.4) is 0 Å². The van der Waals surface area contributed by atoms with Gasteiger partial charge >= 0.3 is 0 Å². The van der Waals surface area contributed by atoms with E-state index < -0.39 is 0 Å². The topological polar surface area (TPSA) is 27.1 Å². The minimum Gasteiger partial charge on any atom is -0.361 e. The van der Waals surface area contributed by atoms with E-state index in [-0.39, 0.29) is 0 Å². The molecule has 17 heavy (non-hydrogen) atoms. The summed E-state index contributed by atoms with van der Waals surface area (Å²) in [5, 5.41) is 0.974. The molecule has 0 amide bonds. The number of ether oxygens (including phenoxy) is 1. The molecule has 2 rings (SSSR count). The molecular formula is C13H16N2OS. The Labute approximate surface area is 106 Å². The van der Waals surface area contributed by atoms with Gasteiger partial charge in [0.2, 0.25) is 0 Å². The second-order valence-electron chi connectivity index (χ2n) is 3.65. The van der Waals surface area contributed by atoms with Crippen LogP contribution in [0.4, 0.5) is 0 Å². The van der Waals surface area contributed by atoms with Gasteiger partial charge in [0, 0.05) is 23.4 Å². The van der Waals surface area contributed by atoms with Crippen LogP contribution >= 0.6 is 11.8 Å². The van der Waals surface area contributed by atoms with E-state index >= 15 is 0 Å². The second kappa shape index (κ2) is 5.89. The highest BCUT2D eigenvalue weighted by Gasteiger charge is 2.08. The molecule has 0 aliphatic carbocycles. The molecule has 0 N–H and O–H groups in total. The van der Waals surface area contributed by atoms with Crippen molar-refractivity contribution in [2.45, 2.75) is 30.6 Å². The Morgan fingerprint density at radius 1 is 1.29 bits per heavy atom. The van der Waals surface area contributed by atoms with Crippen molar-refractivity contribution in [1.29, 1.82) is 0 Å². The van der Waals surface area contributed by atoms with E-state index in [9.17, 15) is 0 Å². The highest BCUT2D eigenvalue weighted by molar-refractivity contribution is 7.99. The van der Waals surface area contributed by atoms with Crippen LogP contribution in [0.15, 0.2) is 46.6 Å². The van der Waals surface area contributed by atoms with Crippen molar-refractivity contribution in [2.24, 2.45) is 0 Å². The van der Waals surface area contributed by atoms with Gasteiger partial charge in [0.1, 0.15) is 6.73 Å². The van der Waals surface area contributed by atoms with Gasteiger partial charge in [-0.2, -0.15) is 0 Å². The first-order valence-electron chi connectivity index (χ1n) is 5.64. The molecule has 0 spiro atoms. The van der Waals surface area contributed by atoms with E-state index in [1.807, 2.05) is 38.2 Å². The summed E-state index contributed by atoms with van der Waals surface area (Å²) in [5.41, 5.74) is 1.12. The zero-order valence-electron chi connectivity index (χ0n) is 10.1. The summed E-state index contributed by atoms with van der Waals surface area (Å²) in [6, 6.07) is 10.2. The lowest BCUT2D eigenvalue weighted by atomic mass is 10.4. The quantitative estimate of drug-likeness (QED) is 0.812. The van der Waals surface area contributed by atoms with E-state index in [1.165, 1.54) is 4.90 Å². The van der Waals surface area contributed by atoms with Gasteiger partial charge in [-0.05, 0) is 26.0 Å². The molecule has 1 aromatic carbocycles. The number of aromatic nitrogens is 2. The summed E-state index contributed by atoms with van der Waals surface area (Å²) in [5.74, 6) is 0. The summed E-state index contributed by atoms with van der Waals surface area (Å²) < 4.78 is 7.53. The van der Waals surface area contributed by atoms with Crippen LogP contribution in [-0.2, 0) is 11.5 Å². The third-order valence-corrected chi connectivity index (χ3v) is 3.41. The normalized spacial score (nSPS) is 10.7. The van der Waals surface area contributed by atoms with E-state index in [2.05, 4.69) is 21.7 Å². The number of nitrogens with zero attached hydrogens (tertiary/aromatic N) is 2. The summed E-state index contributed by atoms with van der Waals surface area (Å²) in [7, 11) is 0. The van der Waals surface area contributed by atoms with Gasteiger partial charge in [-0.25, -0.2) is 4.98 Å². The fraction of sp³-hybridized carbons (Fsp3) is 0.308. The molecule has 1 heterocycles. The third-order valence-electron chi connectivity index (χ3n) is 2.40. The SMILES string of the molecule is CCOCn1c(C)cnc1Sc1ccccc1. The first-order valence-corrected chi connectivity index (χ1v) is 6.45. The zero-order chi connectivity index (χ0) is 12.1. The van der Waals surface area contributed by atoms with E-state index in [4.69, 9.17) is 4.74 Å². The number of rotatable bonds is 5. The van der Waals surface area contributed by atoms with Gasteiger partial charge in [0.05, 0.1) is 0 Å². The highest BCUT2D eigenvalue weighted by atomic mass is 32.2. The maximum absolute atomic E-state index is 5.45. The molecule has 0 bridgehead atoms. The van der Waals surface area contributed by atoms with E-state index in [0.29, 0.717) is 13.3 Å². The van der Waals surface area contributed by atoms with Crippen molar-refractivity contribution in [3.8, 4) is 0 Å². The summed E-state index contributed by atoms with van der Waals surface area (Å²) in [6.07, 6.45) is 1.88. The Bertz CT molecular complexity index is 468. The lowest BCUT2D eigenvalue weighted by Gasteiger charge is -2.09. The molecule has 0 fully saturated rings. The smallest absolute Gasteiger partial charge is 0.174 e. The molecule has 90 valence electrons. The molecule has 3 nitrogen and oxygen atoms in total. The molecule has 0 saturated carbocycles. The van der Waals surface area contributed by atoms with Gasteiger partial charge < -0.3 is 4.74 Å². The Morgan fingerprint density at radius 2 is 2.06 bits per heavy atom. The fourth-order valence-corrected chi connectivity index (χ4v) is 2.37. The Balaban J connectivity index is 2.15. The van der Waals surface area contributed by atoms with Gasteiger partial charge in [-0.1, -0.05) is 30.0 Å². The van der Waals surface area contributed by atoms with Gasteiger partial charge in [0.15, 0.2) is 5.16 Å². The van der Waals surface area contributed by atoms with Crippen LogP contribution in [-0.4, -0.2) is 16.2 Å². The number of hydrogen-bond donors (Lipinski definition) is 0. The van der Waals surface area contributed by atoms with Crippen LogP contribution in [0.25, 0.3) is 0 Å². The minimum atomic E-state index is 0.567. The zero-order valence-corrected chi connectivity index (χ0v) is 10.9. The number of aryl methyl sites for hydroxylation is 1. The minimum absolute atomic E-state index is 0.567. The number of hydrogen-bond acceptors (Lipinski definition) is 3.